The lowest BCUT2D eigenvalue weighted by molar-refractivity contribution is -0.384. The first kappa shape index (κ1) is 13.4. The molecule has 0 saturated carbocycles. The number of anilines is 1. The summed E-state index contributed by atoms with van der Waals surface area (Å²) >= 11 is 3.29. The van der Waals surface area contributed by atoms with Gasteiger partial charge in [0.1, 0.15) is 11.4 Å². The molecule has 0 aliphatic carbocycles. The van der Waals surface area contributed by atoms with Gasteiger partial charge in [0, 0.05) is 17.1 Å². The molecular formula is C13H11BrN2O3. The molecule has 0 bridgehead atoms. The number of nitro groups is 1. The molecule has 0 amide bonds. The number of phenols is 1. The fourth-order valence-corrected chi connectivity index (χ4v) is 1.98. The van der Waals surface area contributed by atoms with E-state index in [0.29, 0.717) is 12.2 Å². The van der Waals surface area contributed by atoms with Gasteiger partial charge in [-0.25, -0.2) is 0 Å². The summed E-state index contributed by atoms with van der Waals surface area (Å²) in [5.41, 5.74) is 1.40. The molecule has 0 fully saturated rings. The van der Waals surface area contributed by atoms with Crippen molar-refractivity contribution in [2.75, 3.05) is 5.32 Å². The molecule has 2 N–H and O–H groups in total. The lowest BCUT2D eigenvalue weighted by Crippen LogP contribution is -2.02. The number of nitro benzene ring substituents is 1. The van der Waals surface area contributed by atoms with Crippen LogP contribution in [-0.2, 0) is 6.54 Å². The SMILES string of the molecule is O=[N+]([O-])c1ccc(Br)cc1NCc1ccc(O)cc1. The highest BCUT2D eigenvalue weighted by atomic mass is 79.9. The molecule has 0 aliphatic rings. The summed E-state index contributed by atoms with van der Waals surface area (Å²) in [7, 11) is 0. The van der Waals surface area contributed by atoms with E-state index in [0.717, 1.165) is 10.0 Å². The van der Waals surface area contributed by atoms with Crippen LogP contribution in [0, 0.1) is 10.1 Å². The molecule has 0 unspecified atom stereocenters. The lowest BCUT2D eigenvalue weighted by Gasteiger charge is -2.08. The smallest absolute Gasteiger partial charge is 0.292 e. The average molecular weight is 323 g/mol. The minimum absolute atomic E-state index is 0.0296. The van der Waals surface area contributed by atoms with Crippen LogP contribution in [0.5, 0.6) is 5.75 Å². The maximum atomic E-state index is 10.9. The summed E-state index contributed by atoms with van der Waals surface area (Å²) in [6.45, 7) is 0.442. The van der Waals surface area contributed by atoms with Gasteiger partial charge in [0.05, 0.1) is 4.92 Å². The highest BCUT2D eigenvalue weighted by molar-refractivity contribution is 9.10. The Morgan fingerprint density at radius 1 is 1.21 bits per heavy atom. The third kappa shape index (κ3) is 3.45. The highest BCUT2D eigenvalue weighted by Crippen LogP contribution is 2.28. The maximum Gasteiger partial charge on any atom is 0.292 e. The Labute approximate surface area is 118 Å². The molecule has 0 atom stereocenters. The molecule has 2 aromatic rings. The van der Waals surface area contributed by atoms with Crippen LogP contribution in [0.25, 0.3) is 0 Å². The minimum atomic E-state index is -0.425. The predicted molar refractivity (Wildman–Crippen MR) is 76.2 cm³/mol. The quantitative estimate of drug-likeness (QED) is 0.665. The number of benzene rings is 2. The molecule has 0 spiro atoms. The van der Waals surface area contributed by atoms with Gasteiger partial charge < -0.3 is 10.4 Å². The van der Waals surface area contributed by atoms with Gasteiger partial charge in [-0.05, 0) is 29.8 Å². The van der Waals surface area contributed by atoms with E-state index >= 15 is 0 Å². The number of rotatable bonds is 4. The molecule has 2 aromatic carbocycles. The van der Waals surface area contributed by atoms with Gasteiger partial charge in [-0.2, -0.15) is 0 Å². The Kier molecular flexibility index (Phi) is 4.01. The Bertz CT molecular complexity index is 599. The third-order valence-electron chi connectivity index (χ3n) is 2.57. The van der Waals surface area contributed by atoms with Crippen molar-refractivity contribution in [1.29, 1.82) is 0 Å². The van der Waals surface area contributed by atoms with E-state index in [2.05, 4.69) is 21.2 Å². The van der Waals surface area contributed by atoms with Crippen LogP contribution < -0.4 is 5.32 Å². The molecular weight excluding hydrogens is 312 g/mol. The van der Waals surface area contributed by atoms with Crippen molar-refractivity contribution in [1.82, 2.24) is 0 Å². The first-order valence-corrected chi connectivity index (χ1v) is 6.31. The van der Waals surface area contributed by atoms with Crippen LogP contribution in [0.2, 0.25) is 0 Å². The standard InChI is InChI=1S/C13H11BrN2O3/c14-10-3-6-13(16(18)19)12(7-10)15-8-9-1-4-11(17)5-2-9/h1-7,15,17H,8H2. The number of phenolic OH excluding ortho intramolecular Hbond substituents is 1. The van der Waals surface area contributed by atoms with Crippen LogP contribution in [0.1, 0.15) is 5.56 Å². The van der Waals surface area contributed by atoms with Crippen LogP contribution in [0.4, 0.5) is 11.4 Å². The molecule has 0 aromatic heterocycles. The molecule has 0 aliphatic heterocycles. The number of hydrogen-bond donors (Lipinski definition) is 2. The monoisotopic (exact) mass is 322 g/mol. The van der Waals surface area contributed by atoms with E-state index in [1.54, 1.807) is 36.4 Å². The Morgan fingerprint density at radius 3 is 2.53 bits per heavy atom. The topological polar surface area (TPSA) is 75.4 Å². The normalized spacial score (nSPS) is 10.2. The van der Waals surface area contributed by atoms with Gasteiger partial charge in [-0.15, -0.1) is 0 Å². The van der Waals surface area contributed by atoms with E-state index in [1.165, 1.54) is 6.07 Å². The first-order valence-electron chi connectivity index (χ1n) is 5.52. The van der Waals surface area contributed by atoms with Crippen molar-refractivity contribution in [2.24, 2.45) is 0 Å². The largest absolute Gasteiger partial charge is 0.508 e. The van der Waals surface area contributed by atoms with E-state index in [1.807, 2.05) is 0 Å². The van der Waals surface area contributed by atoms with Crippen molar-refractivity contribution in [3.8, 4) is 5.75 Å². The molecule has 2 rings (SSSR count). The maximum absolute atomic E-state index is 10.9. The fourth-order valence-electron chi connectivity index (χ4n) is 1.62. The fraction of sp³-hybridized carbons (Fsp3) is 0.0769. The highest BCUT2D eigenvalue weighted by Gasteiger charge is 2.13. The van der Waals surface area contributed by atoms with Crippen LogP contribution >= 0.6 is 15.9 Å². The summed E-state index contributed by atoms with van der Waals surface area (Å²) in [4.78, 5) is 10.5. The van der Waals surface area contributed by atoms with Gasteiger partial charge in [0.2, 0.25) is 0 Å². The summed E-state index contributed by atoms with van der Waals surface area (Å²) in [5, 5.41) is 23.1. The van der Waals surface area contributed by atoms with Gasteiger partial charge in [-0.3, -0.25) is 10.1 Å². The molecule has 0 saturated heterocycles. The number of nitrogens with zero attached hydrogens (tertiary/aromatic N) is 1. The molecule has 0 radical (unpaired) electrons. The van der Waals surface area contributed by atoms with Crippen LogP contribution in [0.3, 0.4) is 0 Å². The first-order chi connectivity index (χ1) is 9.06. The summed E-state index contributed by atoms with van der Waals surface area (Å²) in [6, 6.07) is 11.4. The summed E-state index contributed by atoms with van der Waals surface area (Å²) < 4.78 is 0.770. The van der Waals surface area contributed by atoms with Gasteiger partial charge >= 0.3 is 0 Å². The zero-order valence-corrected chi connectivity index (χ0v) is 11.4. The molecule has 98 valence electrons. The Hall–Kier alpha value is -2.08. The zero-order chi connectivity index (χ0) is 13.8. The van der Waals surface area contributed by atoms with Crippen LogP contribution in [0.15, 0.2) is 46.9 Å². The minimum Gasteiger partial charge on any atom is -0.508 e. The van der Waals surface area contributed by atoms with Crippen LogP contribution in [-0.4, -0.2) is 10.0 Å². The van der Waals surface area contributed by atoms with E-state index in [-0.39, 0.29) is 11.4 Å². The number of aromatic hydroxyl groups is 1. The second kappa shape index (κ2) is 5.71. The number of hydrogen-bond acceptors (Lipinski definition) is 4. The second-order valence-electron chi connectivity index (χ2n) is 3.94. The average Bonchev–Trinajstić information content (AvgIpc) is 2.38. The Morgan fingerprint density at radius 2 is 1.89 bits per heavy atom. The second-order valence-corrected chi connectivity index (χ2v) is 4.85. The van der Waals surface area contributed by atoms with Gasteiger partial charge in [0.25, 0.3) is 5.69 Å². The van der Waals surface area contributed by atoms with Gasteiger partial charge in [-0.1, -0.05) is 28.1 Å². The van der Waals surface area contributed by atoms with Crippen molar-refractivity contribution < 1.29 is 10.0 Å². The lowest BCUT2D eigenvalue weighted by atomic mass is 10.2. The van der Waals surface area contributed by atoms with E-state index in [4.69, 9.17) is 0 Å². The Balaban J connectivity index is 2.16. The molecule has 19 heavy (non-hydrogen) atoms. The van der Waals surface area contributed by atoms with Crippen molar-refractivity contribution in [2.45, 2.75) is 6.54 Å². The van der Waals surface area contributed by atoms with Crippen molar-refractivity contribution >= 4 is 27.3 Å². The summed E-state index contributed by atoms with van der Waals surface area (Å²) in [6.07, 6.45) is 0. The van der Waals surface area contributed by atoms with Crippen molar-refractivity contribution in [3.05, 3.63) is 62.6 Å². The van der Waals surface area contributed by atoms with Crippen molar-refractivity contribution in [3.63, 3.8) is 0 Å². The van der Waals surface area contributed by atoms with E-state index < -0.39 is 4.92 Å². The zero-order valence-electron chi connectivity index (χ0n) is 9.84. The predicted octanol–water partition coefficient (Wildman–Crippen LogP) is 3.68. The summed E-state index contributed by atoms with van der Waals surface area (Å²) in [5.74, 6) is 0.192. The van der Waals surface area contributed by atoms with Gasteiger partial charge in [0.15, 0.2) is 0 Å². The van der Waals surface area contributed by atoms with E-state index in [9.17, 15) is 15.2 Å². The molecule has 0 heterocycles. The molecule has 6 heteroatoms. The number of nitrogens with one attached hydrogen (secondary N) is 1. The third-order valence-corrected chi connectivity index (χ3v) is 3.07. The molecule has 5 nitrogen and oxygen atoms in total. The number of halogens is 1.